The van der Waals surface area contributed by atoms with Gasteiger partial charge < -0.3 is 26.0 Å². The molecule has 0 bridgehead atoms. The Balaban J connectivity index is 1.53. The number of anilines is 7. The molecular formula is C21H24FN7OS2. The molecule has 1 unspecified atom stereocenters. The van der Waals surface area contributed by atoms with E-state index in [9.17, 15) is 8.60 Å². The smallest absolute Gasteiger partial charge is 0.229 e. The van der Waals surface area contributed by atoms with Gasteiger partial charge in [0.25, 0.3) is 0 Å². The number of nitrogen functional groups attached to an aromatic ring is 1. The van der Waals surface area contributed by atoms with Gasteiger partial charge in [0.1, 0.15) is 11.0 Å². The maximum atomic E-state index is 14.4. The fourth-order valence-electron chi connectivity index (χ4n) is 3.28. The Morgan fingerprint density at radius 1 is 1.09 bits per heavy atom. The van der Waals surface area contributed by atoms with Gasteiger partial charge in [0, 0.05) is 36.5 Å². The minimum atomic E-state index is -1.28. The summed E-state index contributed by atoms with van der Waals surface area (Å²) in [5.74, 6) is 1.78. The molecule has 1 aromatic heterocycles. The molecule has 3 aromatic rings. The number of halogens is 1. The Hall–Kier alpha value is -3.05. The standard InChI is InChI=1S/C21H24FN7OS2/c1-32(30)28-19-5-3-2-4-18(19)25-20-15(22)13-24-21(27-20)26-17-7-6-14(12-16(17)23)29-8-10-31-11-9-29/h2-7,12-13,28H,8-11,23H2,1H3,(H2,24,25,26,27). The van der Waals surface area contributed by atoms with Crippen LogP contribution in [-0.2, 0) is 11.0 Å². The molecule has 8 nitrogen and oxygen atoms in total. The highest BCUT2D eigenvalue weighted by atomic mass is 32.2. The summed E-state index contributed by atoms with van der Waals surface area (Å²) in [7, 11) is -1.28. The number of nitrogens with one attached hydrogen (secondary N) is 3. The van der Waals surface area contributed by atoms with Crippen LogP contribution < -0.4 is 26.0 Å². The van der Waals surface area contributed by atoms with Gasteiger partial charge in [0.2, 0.25) is 5.95 Å². The predicted octanol–water partition coefficient (Wildman–Crippen LogP) is 3.94. The Morgan fingerprint density at radius 3 is 2.56 bits per heavy atom. The van der Waals surface area contributed by atoms with E-state index in [1.807, 2.05) is 30.0 Å². The van der Waals surface area contributed by atoms with Crippen LogP contribution >= 0.6 is 11.8 Å². The van der Waals surface area contributed by atoms with Gasteiger partial charge in [0.05, 0.1) is 28.9 Å². The monoisotopic (exact) mass is 473 g/mol. The van der Waals surface area contributed by atoms with E-state index in [-0.39, 0.29) is 11.8 Å². The lowest BCUT2D eigenvalue weighted by molar-refractivity contribution is 0.619. The third kappa shape index (κ3) is 5.40. The Morgan fingerprint density at radius 2 is 1.84 bits per heavy atom. The third-order valence-corrected chi connectivity index (χ3v) is 6.29. The van der Waals surface area contributed by atoms with Crippen molar-refractivity contribution in [2.75, 3.05) is 56.8 Å². The SMILES string of the molecule is CS(=O)Nc1ccccc1Nc1nc(Nc2ccc(N3CCSCC3)cc2N)ncc1F. The molecule has 32 heavy (non-hydrogen) atoms. The van der Waals surface area contributed by atoms with Gasteiger partial charge in [-0.25, -0.2) is 13.6 Å². The van der Waals surface area contributed by atoms with Crippen LogP contribution in [-0.4, -0.2) is 45.0 Å². The van der Waals surface area contributed by atoms with Crippen LogP contribution in [0.3, 0.4) is 0 Å². The van der Waals surface area contributed by atoms with E-state index >= 15 is 0 Å². The van der Waals surface area contributed by atoms with Gasteiger partial charge in [-0.1, -0.05) is 12.1 Å². The summed E-state index contributed by atoms with van der Waals surface area (Å²) in [6.45, 7) is 1.99. The van der Waals surface area contributed by atoms with Gasteiger partial charge in [-0.05, 0) is 30.3 Å². The number of hydrogen-bond acceptors (Lipinski definition) is 8. The highest BCUT2D eigenvalue weighted by Crippen LogP contribution is 2.30. The van der Waals surface area contributed by atoms with Crippen molar-refractivity contribution in [1.29, 1.82) is 0 Å². The van der Waals surface area contributed by atoms with E-state index in [2.05, 4.69) is 30.2 Å². The van der Waals surface area contributed by atoms with Gasteiger partial charge in [-0.15, -0.1) is 0 Å². The van der Waals surface area contributed by atoms with Crippen molar-refractivity contribution in [3.05, 3.63) is 54.5 Å². The van der Waals surface area contributed by atoms with Crippen LogP contribution in [0.4, 0.5) is 44.6 Å². The molecular weight excluding hydrogens is 449 g/mol. The van der Waals surface area contributed by atoms with E-state index in [0.29, 0.717) is 22.7 Å². The highest BCUT2D eigenvalue weighted by molar-refractivity contribution is 7.99. The lowest BCUT2D eigenvalue weighted by Crippen LogP contribution is -2.32. The summed E-state index contributed by atoms with van der Waals surface area (Å²) in [5, 5.41) is 6.00. The molecule has 1 atom stereocenters. The van der Waals surface area contributed by atoms with Crippen LogP contribution in [0, 0.1) is 5.82 Å². The van der Waals surface area contributed by atoms with Crippen LogP contribution in [0.15, 0.2) is 48.7 Å². The zero-order valence-electron chi connectivity index (χ0n) is 17.5. The van der Waals surface area contributed by atoms with Crippen LogP contribution in [0.1, 0.15) is 0 Å². The van der Waals surface area contributed by atoms with E-state index in [0.717, 1.165) is 36.5 Å². The van der Waals surface area contributed by atoms with E-state index in [1.54, 1.807) is 24.3 Å². The summed E-state index contributed by atoms with van der Waals surface area (Å²) in [4.78, 5) is 10.6. The van der Waals surface area contributed by atoms with Crippen LogP contribution in [0.5, 0.6) is 0 Å². The lowest BCUT2D eigenvalue weighted by Gasteiger charge is -2.29. The number of thioether (sulfide) groups is 1. The molecule has 0 aliphatic carbocycles. The second kappa shape index (κ2) is 10.0. The van der Waals surface area contributed by atoms with Crippen molar-refractivity contribution in [3.8, 4) is 0 Å². The second-order valence-corrected chi connectivity index (χ2v) is 9.45. The number of para-hydroxylation sites is 2. The number of nitrogens with zero attached hydrogens (tertiary/aromatic N) is 3. The molecule has 1 saturated heterocycles. The van der Waals surface area contributed by atoms with Crippen molar-refractivity contribution in [3.63, 3.8) is 0 Å². The topological polar surface area (TPSA) is 108 Å². The molecule has 168 valence electrons. The maximum absolute atomic E-state index is 14.4. The zero-order chi connectivity index (χ0) is 22.5. The molecule has 4 rings (SSSR count). The van der Waals surface area contributed by atoms with Gasteiger partial charge in [0.15, 0.2) is 11.6 Å². The molecule has 5 N–H and O–H groups in total. The molecule has 2 heterocycles. The zero-order valence-corrected chi connectivity index (χ0v) is 19.1. The normalized spacial score (nSPS) is 14.6. The minimum absolute atomic E-state index is 0.0142. The average molecular weight is 474 g/mol. The maximum Gasteiger partial charge on any atom is 0.229 e. The molecule has 0 amide bonds. The van der Waals surface area contributed by atoms with Crippen LogP contribution in [0.25, 0.3) is 0 Å². The molecule has 1 fully saturated rings. The first-order valence-electron chi connectivity index (χ1n) is 9.97. The number of benzene rings is 2. The Kier molecular flexibility index (Phi) is 6.96. The van der Waals surface area contributed by atoms with Gasteiger partial charge >= 0.3 is 0 Å². The quantitative estimate of drug-likeness (QED) is 0.382. The number of hydrogen-bond donors (Lipinski definition) is 4. The van der Waals surface area contributed by atoms with E-state index in [4.69, 9.17) is 5.73 Å². The fourth-order valence-corrected chi connectivity index (χ4v) is 4.67. The molecule has 11 heteroatoms. The van der Waals surface area contributed by atoms with Gasteiger partial charge in [-0.2, -0.15) is 16.7 Å². The first kappa shape index (κ1) is 22.2. The second-order valence-electron chi connectivity index (χ2n) is 7.11. The first-order valence-corrected chi connectivity index (χ1v) is 12.7. The molecule has 0 saturated carbocycles. The largest absolute Gasteiger partial charge is 0.397 e. The molecule has 2 aromatic carbocycles. The first-order chi connectivity index (χ1) is 15.5. The third-order valence-electron chi connectivity index (χ3n) is 4.84. The highest BCUT2D eigenvalue weighted by Gasteiger charge is 2.14. The molecule has 0 radical (unpaired) electrons. The molecule has 1 aliphatic heterocycles. The van der Waals surface area contributed by atoms with Crippen molar-refractivity contribution < 1.29 is 8.60 Å². The van der Waals surface area contributed by atoms with Crippen LogP contribution in [0.2, 0.25) is 0 Å². The summed E-state index contributed by atoms with van der Waals surface area (Å²) >= 11 is 1.95. The Bertz CT molecular complexity index is 1130. The minimum Gasteiger partial charge on any atom is -0.397 e. The summed E-state index contributed by atoms with van der Waals surface area (Å²) in [6.07, 6.45) is 2.60. The van der Waals surface area contributed by atoms with Crippen molar-refractivity contribution in [2.45, 2.75) is 0 Å². The van der Waals surface area contributed by atoms with E-state index in [1.165, 1.54) is 6.26 Å². The lowest BCUT2D eigenvalue weighted by atomic mass is 10.2. The van der Waals surface area contributed by atoms with Crippen molar-refractivity contribution in [2.24, 2.45) is 0 Å². The fraction of sp³-hybridized carbons (Fsp3) is 0.238. The summed E-state index contributed by atoms with van der Waals surface area (Å²) < 4.78 is 28.8. The molecule has 1 aliphatic rings. The average Bonchev–Trinajstić information content (AvgIpc) is 2.79. The van der Waals surface area contributed by atoms with Gasteiger partial charge in [-0.3, -0.25) is 0 Å². The predicted molar refractivity (Wildman–Crippen MR) is 133 cm³/mol. The van der Waals surface area contributed by atoms with E-state index < -0.39 is 16.8 Å². The number of nitrogens with two attached hydrogens (primary N) is 1. The van der Waals surface area contributed by atoms with Crippen molar-refractivity contribution in [1.82, 2.24) is 9.97 Å². The summed E-state index contributed by atoms with van der Waals surface area (Å²) in [6, 6.07) is 12.9. The summed E-state index contributed by atoms with van der Waals surface area (Å²) in [5.41, 5.74) is 9.64. The molecule has 0 spiro atoms. The Labute approximate surface area is 192 Å². The number of aromatic nitrogens is 2. The number of rotatable bonds is 7. The van der Waals surface area contributed by atoms with Crippen molar-refractivity contribution >= 4 is 63.0 Å².